The van der Waals surface area contributed by atoms with E-state index in [1.807, 2.05) is 0 Å². The third-order valence-electron chi connectivity index (χ3n) is 4.70. The predicted molar refractivity (Wildman–Crippen MR) is 102 cm³/mol. The molecule has 0 saturated carbocycles. The van der Waals surface area contributed by atoms with Crippen molar-refractivity contribution in [1.82, 2.24) is 0 Å². The molecule has 0 fully saturated rings. The van der Waals surface area contributed by atoms with Gasteiger partial charge in [0.05, 0.1) is 23.3 Å². The Bertz CT molecular complexity index is 1090. The van der Waals surface area contributed by atoms with Gasteiger partial charge in [-0.2, -0.15) is 0 Å². The van der Waals surface area contributed by atoms with Crippen LogP contribution in [-0.4, -0.2) is 30.6 Å². The van der Waals surface area contributed by atoms with Crippen LogP contribution >= 0.6 is 0 Å². The second-order valence-electron chi connectivity index (χ2n) is 6.86. The number of alkyl halides is 3. The molecular weight excluding hydrogens is 452 g/mol. The molecule has 3 rings (SSSR count). The van der Waals surface area contributed by atoms with Gasteiger partial charge in [0.15, 0.2) is 5.66 Å². The summed E-state index contributed by atoms with van der Waals surface area (Å²) in [6.07, 6.45) is -5.99. The summed E-state index contributed by atoms with van der Waals surface area (Å²) in [6.45, 7) is 1.54. The Morgan fingerprint density at radius 3 is 2.27 bits per heavy atom. The minimum absolute atomic E-state index is 0.0209. The SMILES string of the molecule is CCOC(c1ccc(OC(F)(F)F)cc1)C1(/C(=C/C(=O)[O-])C(=O)[O-])Nc2ccc(F)cc2N1. The van der Waals surface area contributed by atoms with E-state index in [2.05, 4.69) is 15.4 Å². The first-order chi connectivity index (χ1) is 15.4. The number of ether oxygens (including phenoxy) is 2. The van der Waals surface area contributed by atoms with Gasteiger partial charge in [-0.15, -0.1) is 13.2 Å². The summed E-state index contributed by atoms with van der Waals surface area (Å²) in [4.78, 5) is 23.2. The maximum atomic E-state index is 13.8. The average Bonchev–Trinajstić information content (AvgIpc) is 3.08. The number of benzene rings is 2. The molecule has 2 atom stereocenters. The van der Waals surface area contributed by atoms with E-state index in [1.54, 1.807) is 6.92 Å². The van der Waals surface area contributed by atoms with Crippen LogP contribution in [0.15, 0.2) is 54.1 Å². The van der Waals surface area contributed by atoms with Crippen LogP contribution in [0.2, 0.25) is 0 Å². The maximum absolute atomic E-state index is 13.8. The fourth-order valence-corrected chi connectivity index (χ4v) is 3.53. The third kappa shape index (κ3) is 5.17. The molecule has 0 amide bonds. The number of halogens is 4. The summed E-state index contributed by atoms with van der Waals surface area (Å²) in [6, 6.07) is 7.73. The molecule has 2 N–H and O–H groups in total. The van der Waals surface area contributed by atoms with Crippen LogP contribution < -0.4 is 25.6 Å². The van der Waals surface area contributed by atoms with Crippen molar-refractivity contribution in [2.45, 2.75) is 25.1 Å². The molecule has 8 nitrogen and oxygen atoms in total. The Kier molecular flexibility index (Phi) is 6.49. The minimum Gasteiger partial charge on any atom is -0.545 e. The first-order valence-electron chi connectivity index (χ1n) is 9.43. The lowest BCUT2D eigenvalue weighted by Gasteiger charge is -2.41. The van der Waals surface area contributed by atoms with E-state index in [0.29, 0.717) is 0 Å². The molecule has 176 valence electrons. The van der Waals surface area contributed by atoms with Crippen LogP contribution in [0, 0.1) is 5.82 Å². The highest BCUT2D eigenvalue weighted by Gasteiger charge is 2.49. The normalized spacial score (nSPS) is 18.6. The third-order valence-corrected chi connectivity index (χ3v) is 4.70. The Labute approximate surface area is 184 Å². The van der Waals surface area contributed by atoms with E-state index in [1.165, 1.54) is 18.2 Å². The van der Waals surface area contributed by atoms with Crippen LogP contribution in [0.5, 0.6) is 5.75 Å². The van der Waals surface area contributed by atoms with Crippen molar-refractivity contribution in [1.29, 1.82) is 0 Å². The largest absolute Gasteiger partial charge is 0.573 e. The molecule has 1 aliphatic rings. The van der Waals surface area contributed by atoms with Gasteiger partial charge in [-0.1, -0.05) is 12.1 Å². The van der Waals surface area contributed by atoms with Crippen molar-refractivity contribution in [3.63, 3.8) is 0 Å². The molecule has 2 aromatic rings. The summed E-state index contributed by atoms with van der Waals surface area (Å²) in [5.41, 5.74) is -2.47. The zero-order valence-corrected chi connectivity index (χ0v) is 16.9. The number of nitrogens with one attached hydrogen (secondary N) is 2. The van der Waals surface area contributed by atoms with Crippen LogP contribution in [0.25, 0.3) is 0 Å². The van der Waals surface area contributed by atoms with Gasteiger partial charge in [0.2, 0.25) is 0 Å². The van der Waals surface area contributed by atoms with Crippen LogP contribution in [-0.2, 0) is 14.3 Å². The lowest BCUT2D eigenvalue weighted by Crippen LogP contribution is -2.55. The Morgan fingerprint density at radius 2 is 1.73 bits per heavy atom. The van der Waals surface area contributed by atoms with Crippen molar-refractivity contribution < 1.29 is 46.8 Å². The van der Waals surface area contributed by atoms with E-state index in [9.17, 15) is 37.4 Å². The monoisotopic (exact) mass is 468 g/mol. The molecule has 1 aliphatic heterocycles. The van der Waals surface area contributed by atoms with Gasteiger partial charge in [0.25, 0.3) is 0 Å². The van der Waals surface area contributed by atoms with Crippen molar-refractivity contribution in [3.05, 3.63) is 65.5 Å². The molecule has 0 aliphatic carbocycles. The molecule has 0 saturated heterocycles. The highest BCUT2D eigenvalue weighted by molar-refractivity contribution is 5.98. The molecule has 2 unspecified atom stereocenters. The molecule has 1 heterocycles. The zero-order valence-electron chi connectivity index (χ0n) is 16.9. The molecule has 12 heteroatoms. The van der Waals surface area contributed by atoms with Crippen LogP contribution in [0.1, 0.15) is 18.6 Å². The van der Waals surface area contributed by atoms with Gasteiger partial charge in [-0.3, -0.25) is 0 Å². The molecule has 0 spiro atoms. The predicted octanol–water partition coefficient (Wildman–Crippen LogP) is 1.46. The number of aliphatic carboxylic acids is 2. The van der Waals surface area contributed by atoms with Gasteiger partial charge in [-0.25, -0.2) is 4.39 Å². The van der Waals surface area contributed by atoms with Gasteiger partial charge in [-0.05, 0) is 48.9 Å². The Morgan fingerprint density at radius 1 is 1.09 bits per heavy atom. The number of anilines is 2. The van der Waals surface area contributed by atoms with Crippen molar-refractivity contribution in [2.75, 3.05) is 17.2 Å². The standard InChI is InChI=1S/C21H18F4N2O6/c1-2-32-18(11-3-6-13(7-4-11)33-21(23,24)25)20(14(19(30)31)10-17(28)29)26-15-8-5-12(22)9-16(15)27-20/h3-10,18,26-27H,2H2,1H3,(H,28,29)(H,30,31)/p-2/b14-10+. The average molecular weight is 468 g/mol. The first-order valence-corrected chi connectivity index (χ1v) is 9.43. The summed E-state index contributed by atoms with van der Waals surface area (Å²) >= 11 is 0. The summed E-state index contributed by atoms with van der Waals surface area (Å²) in [5, 5.41) is 28.8. The summed E-state index contributed by atoms with van der Waals surface area (Å²) in [7, 11) is 0. The maximum Gasteiger partial charge on any atom is 0.573 e. The molecule has 33 heavy (non-hydrogen) atoms. The van der Waals surface area contributed by atoms with Crippen molar-refractivity contribution >= 4 is 23.3 Å². The summed E-state index contributed by atoms with van der Waals surface area (Å²) in [5.74, 6) is -4.98. The quantitative estimate of drug-likeness (QED) is 0.441. The van der Waals surface area contributed by atoms with Gasteiger partial charge >= 0.3 is 6.36 Å². The number of carbonyl (C=O) groups is 2. The van der Waals surface area contributed by atoms with E-state index >= 15 is 0 Å². The molecule has 0 aromatic heterocycles. The Balaban J connectivity index is 2.15. The number of carboxylic acid groups (broad SMARTS) is 2. The fourth-order valence-electron chi connectivity index (χ4n) is 3.53. The second-order valence-corrected chi connectivity index (χ2v) is 6.86. The highest BCUT2D eigenvalue weighted by Crippen LogP contribution is 2.46. The number of hydrogen-bond acceptors (Lipinski definition) is 8. The summed E-state index contributed by atoms with van der Waals surface area (Å²) < 4.78 is 60.8. The number of rotatable bonds is 8. The highest BCUT2D eigenvalue weighted by atomic mass is 19.4. The first kappa shape index (κ1) is 23.9. The van der Waals surface area contributed by atoms with Gasteiger partial charge in [0.1, 0.15) is 17.7 Å². The molecule has 2 aromatic carbocycles. The number of carbonyl (C=O) groups excluding carboxylic acids is 2. The smallest absolute Gasteiger partial charge is 0.545 e. The minimum atomic E-state index is -4.93. The number of fused-ring (bicyclic) bond motifs is 1. The number of carboxylic acids is 2. The van der Waals surface area contributed by atoms with E-state index in [0.717, 1.165) is 24.3 Å². The zero-order chi connectivity index (χ0) is 24.4. The van der Waals surface area contributed by atoms with Crippen LogP contribution in [0.4, 0.5) is 28.9 Å². The number of hydrogen-bond donors (Lipinski definition) is 2. The second kappa shape index (κ2) is 8.98. The molecule has 0 bridgehead atoms. The lowest BCUT2D eigenvalue weighted by atomic mass is 9.88. The van der Waals surface area contributed by atoms with E-state index in [4.69, 9.17) is 4.74 Å². The van der Waals surface area contributed by atoms with Crippen LogP contribution in [0.3, 0.4) is 0 Å². The van der Waals surface area contributed by atoms with E-state index in [-0.39, 0.29) is 29.6 Å². The molecular formula is C21H16F4N2O6-2. The fraction of sp³-hybridized carbons (Fsp3) is 0.238. The van der Waals surface area contributed by atoms with E-state index < -0.39 is 47.2 Å². The van der Waals surface area contributed by atoms with Gasteiger partial charge in [0, 0.05) is 12.2 Å². The topological polar surface area (TPSA) is 123 Å². The van der Waals surface area contributed by atoms with Crippen molar-refractivity contribution in [3.8, 4) is 5.75 Å². The Hall–Kier alpha value is -3.80. The van der Waals surface area contributed by atoms with Gasteiger partial charge < -0.3 is 39.9 Å². The lowest BCUT2D eigenvalue weighted by molar-refractivity contribution is -0.303. The van der Waals surface area contributed by atoms with Crippen molar-refractivity contribution in [2.24, 2.45) is 0 Å². The molecule has 0 radical (unpaired) electrons.